The summed E-state index contributed by atoms with van der Waals surface area (Å²) < 4.78 is 17.3. The number of fused-ring (bicyclic) bond motifs is 1. The Balaban J connectivity index is 1.60. The van der Waals surface area contributed by atoms with Crippen LogP contribution in [-0.4, -0.2) is 63.6 Å². The smallest absolute Gasteiger partial charge is 0.269 e. The SMILES string of the molecule is CCc1cc(C2=CCCN(C(=O)CCn3cccn3)C2)c(F)c2[nH]c(C(=O)N(C)C)cc12. The number of rotatable bonds is 6. The van der Waals surface area contributed by atoms with Gasteiger partial charge in [-0.05, 0) is 42.2 Å². The first-order valence-corrected chi connectivity index (χ1v) is 10.9. The summed E-state index contributed by atoms with van der Waals surface area (Å²) in [6.07, 6.45) is 7.26. The maximum absolute atomic E-state index is 15.6. The molecule has 0 radical (unpaired) electrons. The van der Waals surface area contributed by atoms with E-state index < -0.39 is 0 Å². The molecule has 0 atom stereocenters. The summed E-state index contributed by atoms with van der Waals surface area (Å²) in [7, 11) is 3.34. The lowest BCUT2D eigenvalue weighted by atomic mass is 9.95. The van der Waals surface area contributed by atoms with E-state index >= 15 is 4.39 Å². The van der Waals surface area contributed by atoms with Crippen molar-refractivity contribution < 1.29 is 14.0 Å². The minimum absolute atomic E-state index is 0.0297. The lowest BCUT2D eigenvalue weighted by Crippen LogP contribution is -2.36. The van der Waals surface area contributed by atoms with Gasteiger partial charge in [-0.15, -0.1) is 0 Å². The van der Waals surface area contributed by atoms with Crippen LogP contribution in [0.5, 0.6) is 0 Å². The van der Waals surface area contributed by atoms with Crippen LogP contribution >= 0.6 is 0 Å². The van der Waals surface area contributed by atoms with Gasteiger partial charge in [0.25, 0.3) is 5.91 Å². The molecular weight excluding hydrogens is 409 g/mol. The van der Waals surface area contributed by atoms with Crippen molar-refractivity contribution in [2.24, 2.45) is 0 Å². The van der Waals surface area contributed by atoms with Crippen LogP contribution in [0, 0.1) is 5.82 Å². The van der Waals surface area contributed by atoms with Crippen LogP contribution in [0.1, 0.15) is 41.4 Å². The van der Waals surface area contributed by atoms with Crippen molar-refractivity contribution in [3.05, 3.63) is 59.3 Å². The first kappa shape index (κ1) is 21.8. The van der Waals surface area contributed by atoms with Gasteiger partial charge < -0.3 is 14.8 Å². The number of hydrogen-bond acceptors (Lipinski definition) is 3. The molecule has 2 aromatic heterocycles. The molecule has 8 heteroatoms. The number of benzene rings is 1. The first-order chi connectivity index (χ1) is 15.4. The molecule has 0 fully saturated rings. The zero-order valence-electron chi connectivity index (χ0n) is 18.7. The van der Waals surface area contributed by atoms with E-state index in [4.69, 9.17) is 0 Å². The van der Waals surface area contributed by atoms with Crippen LogP contribution in [0.3, 0.4) is 0 Å². The Labute approximate surface area is 186 Å². The zero-order valence-corrected chi connectivity index (χ0v) is 18.7. The molecular formula is C24H28FN5O2. The quantitative estimate of drug-likeness (QED) is 0.642. The number of hydrogen-bond donors (Lipinski definition) is 1. The second kappa shape index (κ2) is 8.98. The van der Waals surface area contributed by atoms with Gasteiger partial charge in [0.15, 0.2) is 5.82 Å². The number of halogens is 1. The molecule has 1 aliphatic heterocycles. The van der Waals surface area contributed by atoms with Gasteiger partial charge in [-0.3, -0.25) is 14.3 Å². The monoisotopic (exact) mass is 437 g/mol. The number of nitrogens with one attached hydrogen (secondary N) is 1. The highest BCUT2D eigenvalue weighted by molar-refractivity contribution is 5.99. The fraction of sp³-hybridized carbons (Fsp3) is 0.375. The van der Waals surface area contributed by atoms with E-state index in [-0.39, 0.29) is 17.6 Å². The molecule has 4 rings (SSSR count). The van der Waals surface area contributed by atoms with E-state index in [0.29, 0.717) is 55.7 Å². The Bertz CT molecular complexity index is 1180. The van der Waals surface area contributed by atoms with E-state index in [0.717, 1.165) is 16.5 Å². The summed E-state index contributed by atoms with van der Waals surface area (Å²) in [5, 5.41) is 4.86. The van der Waals surface area contributed by atoms with Gasteiger partial charge in [0.2, 0.25) is 5.91 Å². The molecule has 0 aliphatic carbocycles. The van der Waals surface area contributed by atoms with E-state index in [1.165, 1.54) is 4.90 Å². The van der Waals surface area contributed by atoms with Crippen molar-refractivity contribution in [3.63, 3.8) is 0 Å². The molecule has 1 N–H and O–H groups in total. The average molecular weight is 438 g/mol. The highest BCUT2D eigenvalue weighted by atomic mass is 19.1. The van der Waals surface area contributed by atoms with Gasteiger partial charge in [-0.1, -0.05) is 13.0 Å². The van der Waals surface area contributed by atoms with Gasteiger partial charge in [-0.2, -0.15) is 5.10 Å². The van der Waals surface area contributed by atoms with Gasteiger partial charge in [0, 0.05) is 63.5 Å². The molecule has 0 bridgehead atoms. The minimum Gasteiger partial charge on any atom is -0.348 e. The number of nitrogens with zero attached hydrogens (tertiary/aromatic N) is 4. The molecule has 1 aromatic carbocycles. The predicted molar refractivity (Wildman–Crippen MR) is 122 cm³/mol. The van der Waals surface area contributed by atoms with Crippen LogP contribution in [0.4, 0.5) is 4.39 Å². The third kappa shape index (κ3) is 4.17. The third-order valence-corrected chi connectivity index (χ3v) is 5.92. The van der Waals surface area contributed by atoms with Crippen molar-refractivity contribution in [3.8, 4) is 0 Å². The summed E-state index contributed by atoms with van der Waals surface area (Å²) in [4.78, 5) is 31.4. The topological polar surface area (TPSA) is 74.2 Å². The van der Waals surface area contributed by atoms with Crippen molar-refractivity contribution >= 4 is 28.3 Å². The number of amides is 2. The van der Waals surface area contributed by atoms with E-state index in [9.17, 15) is 9.59 Å². The van der Waals surface area contributed by atoms with Gasteiger partial charge >= 0.3 is 0 Å². The number of aromatic amines is 1. The molecule has 3 heterocycles. The van der Waals surface area contributed by atoms with E-state index in [2.05, 4.69) is 10.1 Å². The zero-order chi connectivity index (χ0) is 22.8. The van der Waals surface area contributed by atoms with Crippen LogP contribution in [0.15, 0.2) is 36.7 Å². The summed E-state index contributed by atoms with van der Waals surface area (Å²) in [6.45, 7) is 3.52. The Hall–Kier alpha value is -3.42. The van der Waals surface area contributed by atoms with Crippen LogP contribution < -0.4 is 0 Å². The molecule has 0 spiro atoms. The van der Waals surface area contributed by atoms with Crippen LogP contribution in [-0.2, 0) is 17.8 Å². The van der Waals surface area contributed by atoms with E-state index in [1.807, 2.05) is 31.3 Å². The van der Waals surface area contributed by atoms with Crippen molar-refractivity contribution in [1.29, 1.82) is 0 Å². The number of aryl methyl sites for hydroxylation is 2. The predicted octanol–water partition coefficient (Wildman–Crippen LogP) is 3.47. The number of carbonyl (C=O) groups excluding carboxylic acids is 2. The van der Waals surface area contributed by atoms with Crippen molar-refractivity contribution in [2.45, 2.75) is 32.7 Å². The van der Waals surface area contributed by atoms with Crippen molar-refractivity contribution in [1.82, 2.24) is 24.6 Å². The number of carbonyl (C=O) groups is 2. The minimum atomic E-state index is -0.382. The lowest BCUT2D eigenvalue weighted by molar-refractivity contribution is -0.131. The average Bonchev–Trinajstić information content (AvgIpc) is 3.48. The molecule has 3 aromatic rings. The Morgan fingerprint density at radius 2 is 2.09 bits per heavy atom. The molecule has 168 valence electrons. The Morgan fingerprint density at radius 3 is 2.78 bits per heavy atom. The van der Waals surface area contributed by atoms with Gasteiger partial charge in [-0.25, -0.2) is 4.39 Å². The normalized spacial score (nSPS) is 14.0. The maximum atomic E-state index is 15.6. The molecule has 1 aliphatic rings. The Morgan fingerprint density at radius 1 is 1.28 bits per heavy atom. The third-order valence-electron chi connectivity index (χ3n) is 5.92. The molecule has 32 heavy (non-hydrogen) atoms. The molecule has 0 saturated heterocycles. The summed E-state index contributed by atoms with van der Waals surface area (Å²) in [6, 6.07) is 5.41. The molecule has 0 unspecified atom stereocenters. The van der Waals surface area contributed by atoms with Crippen molar-refractivity contribution in [2.75, 3.05) is 27.2 Å². The first-order valence-electron chi connectivity index (χ1n) is 10.9. The number of H-pyrrole nitrogens is 1. The van der Waals surface area contributed by atoms with E-state index in [1.54, 1.807) is 35.9 Å². The van der Waals surface area contributed by atoms with Crippen LogP contribution in [0.2, 0.25) is 0 Å². The van der Waals surface area contributed by atoms with Crippen LogP contribution in [0.25, 0.3) is 16.5 Å². The summed E-state index contributed by atoms with van der Waals surface area (Å²) >= 11 is 0. The highest BCUT2D eigenvalue weighted by Crippen LogP contribution is 2.32. The highest BCUT2D eigenvalue weighted by Gasteiger charge is 2.24. The van der Waals surface area contributed by atoms with Gasteiger partial charge in [0.05, 0.1) is 5.52 Å². The second-order valence-electron chi connectivity index (χ2n) is 8.27. The molecule has 2 amide bonds. The number of aromatic nitrogens is 3. The Kier molecular flexibility index (Phi) is 6.12. The fourth-order valence-electron chi connectivity index (χ4n) is 4.17. The molecule has 0 saturated carbocycles. The maximum Gasteiger partial charge on any atom is 0.269 e. The lowest BCUT2D eigenvalue weighted by Gasteiger charge is -2.28. The molecule has 7 nitrogen and oxygen atoms in total. The van der Waals surface area contributed by atoms with Gasteiger partial charge in [0.1, 0.15) is 5.69 Å². The second-order valence-corrected chi connectivity index (χ2v) is 8.27. The largest absolute Gasteiger partial charge is 0.348 e. The summed E-state index contributed by atoms with van der Waals surface area (Å²) in [5.74, 6) is -0.552. The standard InChI is InChI=1S/C24H28FN5O2/c1-4-16-13-18(22(25)23-19(16)14-20(27-23)24(32)28(2)3)17-7-5-10-29(15-17)21(31)8-12-30-11-6-9-26-30/h6-7,9,11,13-14,27H,4-5,8,10,12,15H2,1-3H3. The summed E-state index contributed by atoms with van der Waals surface area (Å²) in [5.41, 5.74) is 2.96. The fourth-order valence-corrected chi connectivity index (χ4v) is 4.17.